The number of rotatable bonds is 1. The lowest BCUT2D eigenvalue weighted by atomic mass is 10.0. The highest BCUT2D eigenvalue weighted by molar-refractivity contribution is 5.70. The van der Waals surface area contributed by atoms with Crippen molar-refractivity contribution in [3.8, 4) is 16.9 Å². The van der Waals surface area contributed by atoms with Crippen LogP contribution < -0.4 is 0 Å². The molecule has 0 aromatic heterocycles. The highest BCUT2D eigenvalue weighted by atomic mass is 16.3. The Hall–Kier alpha value is -1.76. The predicted molar refractivity (Wildman–Crippen MR) is 63.0 cm³/mol. The lowest BCUT2D eigenvalue weighted by Gasteiger charge is -2.05. The highest BCUT2D eigenvalue weighted by Gasteiger charge is 2.03. The molecule has 0 amide bonds. The van der Waals surface area contributed by atoms with Crippen molar-refractivity contribution >= 4 is 0 Å². The van der Waals surface area contributed by atoms with Crippen molar-refractivity contribution in [3.05, 3.63) is 53.6 Å². The van der Waals surface area contributed by atoms with Crippen molar-refractivity contribution < 1.29 is 5.11 Å². The standard InChI is InChI=1S/C14H14O/c1-10-3-6-12(7-4-10)13-8-5-11(2)9-14(13)15/h3-9,15H,1-2H3. The first kappa shape index (κ1) is 9.78. The van der Waals surface area contributed by atoms with E-state index in [0.29, 0.717) is 5.75 Å². The van der Waals surface area contributed by atoms with Crippen molar-refractivity contribution in [3.63, 3.8) is 0 Å². The van der Waals surface area contributed by atoms with E-state index in [1.807, 2.05) is 31.2 Å². The molecule has 0 aliphatic heterocycles. The Morgan fingerprint density at radius 2 is 1.40 bits per heavy atom. The molecule has 0 saturated carbocycles. The molecule has 2 aromatic rings. The van der Waals surface area contributed by atoms with Crippen molar-refractivity contribution in [2.75, 3.05) is 0 Å². The van der Waals surface area contributed by atoms with Crippen LogP contribution in [0.4, 0.5) is 0 Å². The third-order valence-electron chi connectivity index (χ3n) is 2.52. The number of aromatic hydroxyl groups is 1. The maximum atomic E-state index is 9.81. The molecule has 0 radical (unpaired) electrons. The van der Waals surface area contributed by atoms with Crippen LogP contribution in [0.5, 0.6) is 5.75 Å². The first-order valence-electron chi connectivity index (χ1n) is 5.03. The Morgan fingerprint density at radius 3 is 2.00 bits per heavy atom. The molecule has 76 valence electrons. The van der Waals surface area contributed by atoms with Gasteiger partial charge in [0.1, 0.15) is 5.75 Å². The van der Waals surface area contributed by atoms with Gasteiger partial charge in [-0.05, 0) is 31.0 Å². The molecule has 0 unspecified atom stereocenters. The van der Waals surface area contributed by atoms with E-state index in [0.717, 1.165) is 16.7 Å². The monoisotopic (exact) mass is 198 g/mol. The zero-order valence-corrected chi connectivity index (χ0v) is 8.99. The summed E-state index contributed by atoms with van der Waals surface area (Å²) in [5.74, 6) is 0.346. The molecule has 0 bridgehead atoms. The first-order valence-corrected chi connectivity index (χ1v) is 5.03. The smallest absolute Gasteiger partial charge is 0.123 e. The summed E-state index contributed by atoms with van der Waals surface area (Å²) in [5.41, 5.74) is 4.24. The van der Waals surface area contributed by atoms with E-state index in [9.17, 15) is 5.11 Å². The minimum Gasteiger partial charge on any atom is -0.507 e. The van der Waals surface area contributed by atoms with E-state index >= 15 is 0 Å². The number of benzene rings is 2. The Bertz CT molecular complexity index is 469. The predicted octanol–water partition coefficient (Wildman–Crippen LogP) is 3.68. The van der Waals surface area contributed by atoms with Crippen LogP contribution in [-0.4, -0.2) is 5.11 Å². The Balaban J connectivity index is 2.49. The van der Waals surface area contributed by atoms with Crippen LogP contribution >= 0.6 is 0 Å². The normalized spacial score (nSPS) is 10.3. The number of phenols is 1. The highest BCUT2D eigenvalue weighted by Crippen LogP contribution is 2.29. The summed E-state index contributed by atoms with van der Waals surface area (Å²) in [6.45, 7) is 4.03. The molecule has 0 aliphatic carbocycles. The molecule has 0 atom stereocenters. The minimum atomic E-state index is 0.346. The fourth-order valence-electron chi connectivity index (χ4n) is 1.62. The van der Waals surface area contributed by atoms with Gasteiger partial charge in [0, 0.05) is 5.56 Å². The van der Waals surface area contributed by atoms with Gasteiger partial charge in [0.05, 0.1) is 0 Å². The summed E-state index contributed by atoms with van der Waals surface area (Å²) in [7, 11) is 0. The van der Waals surface area contributed by atoms with Gasteiger partial charge in [-0.3, -0.25) is 0 Å². The van der Waals surface area contributed by atoms with Crippen LogP contribution in [0.25, 0.3) is 11.1 Å². The van der Waals surface area contributed by atoms with E-state index in [-0.39, 0.29) is 0 Å². The van der Waals surface area contributed by atoms with Gasteiger partial charge >= 0.3 is 0 Å². The molecule has 2 aromatic carbocycles. The summed E-state index contributed by atoms with van der Waals surface area (Å²) >= 11 is 0. The van der Waals surface area contributed by atoms with Gasteiger partial charge in [-0.1, -0.05) is 42.0 Å². The van der Waals surface area contributed by atoms with Crippen molar-refractivity contribution in [1.82, 2.24) is 0 Å². The molecule has 0 aliphatic rings. The van der Waals surface area contributed by atoms with E-state index in [1.54, 1.807) is 6.07 Å². The van der Waals surface area contributed by atoms with Gasteiger partial charge in [-0.25, -0.2) is 0 Å². The largest absolute Gasteiger partial charge is 0.507 e. The number of phenolic OH excluding ortho intramolecular Hbond substituents is 1. The molecular weight excluding hydrogens is 184 g/mol. The van der Waals surface area contributed by atoms with Crippen LogP contribution in [-0.2, 0) is 0 Å². The van der Waals surface area contributed by atoms with Crippen molar-refractivity contribution in [2.24, 2.45) is 0 Å². The molecule has 0 heterocycles. The SMILES string of the molecule is Cc1ccc(-c2ccc(C)cc2O)cc1. The fourth-order valence-corrected chi connectivity index (χ4v) is 1.62. The fraction of sp³-hybridized carbons (Fsp3) is 0.143. The van der Waals surface area contributed by atoms with Gasteiger partial charge in [0.15, 0.2) is 0 Å². The topological polar surface area (TPSA) is 20.2 Å². The average Bonchev–Trinajstić information content (AvgIpc) is 2.20. The summed E-state index contributed by atoms with van der Waals surface area (Å²) < 4.78 is 0. The second-order valence-corrected chi connectivity index (χ2v) is 3.89. The zero-order chi connectivity index (χ0) is 10.8. The average molecular weight is 198 g/mol. The lowest BCUT2D eigenvalue weighted by molar-refractivity contribution is 0.477. The lowest BCUT2D eigenvalue weighted by Crippen LogP contribution is -1.81. The van der Waals surface area contributed by atoms with Gasteiger partial charge in [-0.15, -0.1) is 0 Å². The van der Waals surface area contributed by atoms with Gasteiger partial charge in [0.2, 0.25) is 0 Å². The number of hydrogen-bond donors (Lipinski definition) is 1. The zero-order valence-electron chi connectivity index (χ0n) is 8.99. The minimum absolute atomic E-state index is 0.346. The number of hydrogen-bond acceptors (Lipinski definition) is 1. The van der Waals surface area contributed by atoms with Gasteiger partial charge in [0.25, 0.3) is 0 Å². The first-order chi connectivity index (χ1) is 7.16. The Labute approximate surface area is 90.0 Å². The van der Waals surface area contributed by atoms with E-state index in [1.165, 1.54) is 5.56 Å². The van der Waals surface area contributed by atoms with Crippen molar-refractivity contribution in [1.29, 1.82) is 0 Å². The molecule has 0 fully saturated rings. The molecule has 0 spiro atoms. The molecular formula is C14H14O. The maximum absolute atomic E-state index is 9.81. The van der Waals surface area contributed by atoms with Gasteiger partial charge in [-0.2, -0.15) is 0 Å². The number of aryl methyl sites for hydroxylation is 2. The van der Waals surface area contributed by atoms with Crippen LogP contribution in [0.3, 0.4) is 0 Å². The molecule has 1 N–H and O–H groups in total. The maximum Gasteiger partial charge on any atom is 0.123 e. The van der Waals surface area contributed by atoms with E-state index in [2.05, 4.69) is 19.1 Å². The third kappa shape index (κ3) is 2.01. The molecule has 0 saturated heterocycles. The summed E-state index contributed by atoms with van der Waals surface area (Å²) in [6, 6.07) is 13.9. The molecule has 1 nitrogen and oxygen atoms in total. The van der Waals surface area contributed by atoms with Crippen LogP contribution in [0.1, 0.15) is 11.1 Å². The summed E-state index contributed by atoms with van der Waals surface area (Å²) in [5, 5.41) is 9.81. The second kappa shape index (κ2) is 3.77. The second-order valence-electron chi connectivity index (χ2n) is 3.89. The van der Waals surface area contributed by atoms with Gasteiger partial charge < -0.3 is 5.11 Å². The van der Waals surface area contributed by atoms with Crippen LogP contribution in [0.15, 0.2) is 42.5 Å². The molecule has 15 heavy (non-hydrogen) atoms. The van der Waals surface area contributed by atoms with Crippen molar-refractivity contribution in [2.45, 2.75) is 13.8 Å². The summed E-state index contributed by atoms with van der Waals surface area (Å²) in [6.07, 6.45) is 0. The van der Waals surface area contributed by atoms with E-state index in [4.69, 9.17) is 0 Å². The van der Waals surface area contributed by atoms with Crippen LogP contribution in [0, 0.1) is 13.8 Å². The Morgan fingerprint density at radius 1 is 0.800 bits per heavy atom. The Kier molecular flexibility index (Phi) is 2.46. The van der Waals surface area contributed by atoms with E-state index < -0.39 is 0 Å². The third-order valence-corrected chi connectivity index (χ3v) is 2.52. The molecule has 1 heteroatoms. The van der Waals surface area contributed by atoms with Crippen LogP contribution in [0.2, 0.25) is 0 Å². The quantitative estimate of drug-likeness (QED) is 0.741. The summed E-state index contributed by atoms with van der Waals surface area (Å²) in [4.78, 5) is 0. The molecule has 2 rings (SSSR count).